The molecule has 0 aliphatic heterocycles. The minimum Gasteiger partial charge on any atom is -0.868 e. The van der Waals surface area contributed by atoms with E-state index >= 15 is 0 Å². The maximum atomic E-state index is 11.0. The summed E-state index contributed by atoms with van der Waals surface area (Å²) in [6.45, 7) is 3.71. The molecule has 0 aromatic carbocycles. The molecule has 0 spiro atoms. The standard InChI is InChI=1S/C9H14O4/c1-6(2)4-7(10)5-8(11)9(12)13-3/h5-6,11H,4H2,1-3H3/p-1. The van der Waals surface area contributed by atoms with Gasteiger partial charge in [-0.25, -0.2) is 4.79 Å². The van der Waals surface area contributed by atoms with E-state index in [-0.39, 0.29) is 18.1 Å². The van der Waals surface area contributed by atoms with E-state index < -0.39 is 11.7 Å². The van der Waals surface area contributed by atoms with Gasteiger partial charge in [0, 0.05) is 6.42 Å². The summed E-state index contributed by atoms with van der Waals surface area (Å²) in [5.41, 5.74) is 0. The first-order valence-corrected chi connectivity index (χ1v) is 3.97. The Balaban J connectivity index is 4.22. The summed E-state index contributed by atoms with van der Waals surface area (Å²) in [4.78, 5) is 21.6. The number of ether oxygens (including phenoxy) is 1. The Morgan fingerprint density at radius 3 is 2.38 bits per heavy atom. The Morgan fingerprint density at radius 1 is 1.46 bits per heavy atom. The first-order chi connectivity index (χ1) is 5.97. The number of carbonyl (C=O) groups excluding carboxylic acids is 2. The zero-order valence-electron chi connectivity index (χ0n) is 7.99. The van der Waals surface area contributed by atoms with Crippen molar-refractivity contribution in [2.24, 2.45) is 5.92 Å². The molecule has 0 saturated carbocycles. The largest absolute Gasteiger partial charge is 0.868 e. The van der Waals surface area contributed by atoms with Crippen molar-refractivity contribution in [3.63, 3.8) is 0 Å². The van der Waals surface area contributed by atoms with E-state index in [4.69, 9.17) is 0 Å². The maximum Gasteiger partial charge on any atom is 0.322 e. The molecule has 0 fully saturated rings. The van der Waals surface area contributed by atoms with Crippen molar-refractivity contribution in [1.82, 2.24) is 0 Å². The first-order valence-electron chi connectivity index (χ1n) is 3.97. The van der Waals surface area contributed by atoms with Gasteiger partial charge in [0.1, 0.15) is 0 Å². The third-order valence-electron chi connectivity index (χ3n) is 1.29. The van der Waals surface area contributed by atoms with Crippen LogP contribution in [0.15, 0.2) is 11.8 Å². The summed E-state index contributed by atoms with van der Waals surface area (Å²) in [5.74, 6) is -2.06. The van der Waals surface area contributed by atoms with E-state index in [9.17, 15) is 14.7 Å². The monoisotopic (exact) mass is 185 g/mol. The van der Waals surface area contributed by atoms with E-state index in [0.717, 1.165) is 13.2 Å². The van der Waals surface area contributed by atoms with Crippen molar-refractivity contribution in [3.05, 3.63) is 11.8 Å². The number of ketones is 1. The third kappa shape index (κ3) is 5.00. The average molecular weight is 185 g/mol. The van der Waals surface area contributed by atoms with Gasteiger partial charge in [-0.1, -0.05) is 13.8 Å². The topological polar surface area (TPSA) is 66.4 Å². The number of rotatable bonds is 4. The maximum absolute atomic E-state index is 11.0. The van der Waals surface area contributed by atoms with Crippen molar-refractivity contribution in [1.29, 1.82) is 0 Å². The van der Waals surface area contributed by atoms with Gasteiger partial charge in [0.2, 0.25) is 0 Å². The first kappa shape index (κ1) is 11.7. The van der Waals surface area contributed by atoms with Crippen LogP contribution in [0.3, 0.4) is 0 Å². The van der Waals surface area contributed by atoms with Gasteiger partial charge in [0.15, 0.2) is 5.78 Å². The lowest BCUT2D eigenvalue weighted by Crippen LogP contribution is -2.18. The molecule has 74 valence electrons. The number of esters is 1. The van der Waals surface area contributed by atoms with Crippen LogP contribution in [-0.4, -0.2) is 18.9 Å². The van der Waals surface area contributed by atoms with Crippen LogP contribution in [0.2, 0.25) is 0 Å². The fourth-order valence-electron chi connectivity index (χ4n) is 0.767. The van der Waals surface area contributed by atoms with Crippen LogP contribution in [0.5, 0.6) is 0 Å². The molecule has 0 rings (SSSR count). The van der Waals surface area contributed by atoms with Crippen molar-refractivity contribution in [2.75, 3.05) is 7.11 Å². The molecular weight excluding hydrogens is 172 g/mol. The second-order valence-corrected chi connectivity index (χ2v) is 3.06. The van der Waals surface area contributed by atoms with Gasteiger partial charge in [0.05, 0.1) is 7.11 Å². The second-order valence-electron chi connectivity index (χ2n) is 3.06. The highest BCUT2D eigenvalue weighted by Crippen LogP contribution is 2.01. The van der Waals surface area contributed by atoms with Crippen LogP contribution < -0.4 is 5.11 Å². The van der Waals surface area contributed by atoms with Gasteiger partial charge in [-0.2, -0.15) is 0 Å². The van der Waals surface area contributed by atoms with Crippen LogP contribution in [0.25, 0.3) is 0 Å². The highest BCUT2D eigenvalue weighted by Gasteiger charge is 2.04. The Kier molecular flexibility index (Phi) is 4.80. The molecule has 0 amide bonds. The van der Waals surface area contributed by atoms with Gasteiger partial charge >= 0.3 is 5.97 Å². The molecular formula is C9H13O4-. The quantitative estimate of drug-likeness (QED) is 0.352. The number of methoxy groups -OCH3 is 1. The lowest BCUT2D eigenvalue weighted by molar-refractivity contribution is -0.303. The summed E-state index contributed by atoms with van der Waals surface area (Å²) >= 11 is 0. The molecule has 0 N–H and O–H groups in total. The van der Waals surface area contributed by atoms with Crippen LogP contribution in [0.4, 0.5) is 0 Å². The molecule has 0 unspecified atom stereocenters. The van der Waals surface area contributed by atoms with Crippen molar-refractivity contribution in [3.8, 4) is 0 Å². The van der Waals surface area contributed by atoms with Crippen LogP contribution in [0, 0.1) is 5.92 Å². The van der Waals surface area contributed by atoms with E-state index in [1.165, 1.54) is 0 Å². The molecule has 0 heterocycles. The number of allylic oxidation sites excluding steroid dienone is 1. The van der Waals surface area contributed by atoms with Gasteiger partial charge in [-0.05, 0) is 17.8 Å². The summed E-state index contributed by atoms with van der Waals surface area (Å²) in [7, 11) is 1.10. The summed E-state index contributed by atoms with van der Waals surface area (Å²) < 4.78 is 4.15. The zero-order chi connectivity index (χ0) is 10.4. The van der Waals surface area contributed by atoms with E-state index in [2.05, 4.69) is 4.74 Å². The van der Waals surface area contributed by atoms with Gasteiger partial charge < -0.3 is 9.84 Å². The van der Waals surface area contributed by atoms with Crippen molar-refractivity contribution in [2.45, 2.75) is 20.3 Å². The third-order valence-corrected chi connectivity index (χ3v) is 1.29. The van der Waals surface area contributed by atoms with Crippen molar-refractivity contribution >= 4 is 11.8 Å². The van der Waals surface area contributed by atoms with Gasteiger partial charge in [-0.15, -0.1) is 0 Å². The smallest absolute Gasteiger partial charge is 0.322 e. The van der Waals surface area contributed by atoms with E-state index in [1.807, 2.05) is 13.8 Å². The Hall–Kier alpha value is -1.32. The highest BCUT2D eigenvalue weighted by atomic mass is 16.5. The van der Waals surface area contributed by atoms with Crippen LogP contribution >= 0.6 is 0 Å². The number of carbonyl (C=O) groups is 2. The highest BCUT2D eigenvalue weighted by molar-refractivity contribution is 5.97. The summed E-state index contributed by atoms with van der Waals surface area (Å²) in [5, 5.41) is 10.8. The molecule has 0 atom stereocenters. The van der Waals surface area contributed by atoms with E-state index in [1.54, 1.807) is 0 Å². The summed E-state index contributed by atoms with van der Waals surface area (Å²) in [6.07, 6.45) is 1.05. The zero-order valence-corrected chi connectivity index (χ0v) is 7.99. The van der Waals surface area contributed by atoms with Gasteiger partial charge in [0.25, 0.3) is 0 Å². The lowest BCUT2D eigenvalue weighted by Gasteiger charge is -2.08. The molecule has 0 aliphatic rings. The molecule has 0 aromatic rings. The minimum atomic E-state index is -1.00. The average Bonchev–Trinajstić information content (AvgIpc) is 2.01. The fourth-order valence-corrected chi connectivity index (χ4v) is 0.767. The molecule has 0 aromatic heterocycles. The molecule has 13 heavy (non-hydrogen) atoms. The molecule has 0 bridgehead atoms. The van der Waals surface area contributed by atoms with Crippen LogP contribution in [0.1, 0.15) is 20.3 Å². The van der Waals surface area contributed by atoms with Gasteiger partial charge in [-0.3, -0.25) is 4.79 Å². The van der Waals surface area contributed by atoms with Crippen LogP contribution in [-0.2, 0) is 14.3 Å². The minimum absolute atomic E-state index is 0.175. The predicted molar refractivity (Wildman–Crippen MR) is 44.6 cm³/mol. The normalized spacial score (nSPS) is 11.5. The number of hydrogen-bond donors (Lipinski definition) is 0. The lowest BCUT2D eigenvalue weighted by atomic mass is 10.1. The Morgan fingerprint density at radius 2 is 2.00 bits per heavy atom. The molecule has 0 aliphatic carbocycles. The summed E-state index contributed by atoms with van der Waals surface area (Å²) in [6, 6.07) is 0. The fraction of sp³-hybridized carbons (Fsp3) is 0.556. The Bertz CT molecular complexity index is 228. The van der Waals surface area contributed by atoms with E-state index in [0.29, 0.717) is 0 Å². The SMILES string of the molecule is COC(=O)C([O-])=CC(=O)CC(C)C. The molecule has 4 heteroatoms. The predicted octanol–water partition coefficient (Wildman–Crippen LogP) is 0.0188. The second kappa shape index (κ2) is 5.35. The number of hydrogen-bond acceptors (Lipinski definition) is 4. The molecule has 0 saturated heterocycles. The molecule has 0 radical (unpaired) electrons. The molecule has 4 nitrogen and oxygen atoms in total. The Labute approximate surface area is 77.2 Å². The van der Waals surface area contributed by atoms with Crippen molar-refractivity contribution < 1.29 is 19.4 Å².